The lowest BCUT2D eigenvalue weighted by Gasteiger charge is -2.26. The molecule has 1 heterocycles. The molecule has 0 aromatic carbocycles. The number of aliphatic hydroxyl groups excluding tert-OH is 1. The average molecular weight is 238 g/mol. The average Bonchev–Trinajstić information content (AvgIpc) is 2.28. The Balaban J connectivity index is 2.25. The van der Waals surface area contributed by atoms with Crippen molar-refractivity contribution < 1.29 is 9.90 Å². The van der Waals surface area contributed by atoms with Crippen molar-refractivity contribution in [3.8, 4) is 0 Å². The van der Waals surface area contributed by atoms with Gasteiger partial charge in [-0.2, -0.15) is 0 Å². The molecule has 0 aromatic rings. The number of aliphatic hydroxyl groups is 1. The third-order valence-corrected chi connectivity index (χ3v) is 2.79. The Morgan fingerprint density at radius 2 is 2.18 bits per heavy atom. The van der Waals surface area contributed by atoms with Crippen LogP contribution in [0.1, 0.15) is 27.2 Å². The van der Waals surface area contributed by atoms with E-state index >= 15 is 0 Å². The van der Waals surface area contributed by atoms with E-state index in [2.05, 4.69) is 10.6 Å². The van der Waals surface area contributed by atoms with E-state index in [0.717, 1.165) is 0 Å². The fourth-order valence-corrected chi connectivity index (χ4v) is 1.48. The lowest BCUT2D eigenvalue weighted by Crippen LogP contribution is -2.43. The fourth-order valence-electron chi connectivity index (χ4n) is 1.48. The molecule has 0 aromatic heterocycles. The number of allylic oxidation sites excluding steroid dienone is 2. The van der Waals surface area contributed by atoms with Gasteiger partial charge in [-0.25, -0.2) is 0 Å². The van der Waals surface area contributed by atoms with Gasteiger partial charge < -0.3 is 15.7 Å². The number of rotatable bonds is 4. The fraction of sp³-hybridized carbons (Fsp3) is 0.615. The smallest absolute Gasteiger partial charge is 0.246 e. The number of hydrogen-bond donors (Lipinski definition) is 3. The summed E-state index contributed by atoms with van der Waals surface area (Å²) in [6, 6.07) is -0.299. The van der Waals surface area contributed by atoms with E-state index in [1.54, 1.807) is 12.3 Å². The second-order valence-corrected chi connectivity index (χ2v) is 5.35. The van der Waals surface area contributed by atoms with Crippen LogP contribution in [-0.4, -0.2) is 29.7 Å². The van der Waals surface area contributed by atoms with E-state index in [1.165, 1.54) is 0 Å². The van der Waals surface area contributed by atoms with Gasteiger partial charge in [-0.1, -0.05) is 32.9 Å². The first-order valence-corrected chi connectivity index (χ1v) is 5.96. The molecule has 1 aliphatic rings. The summed E-state index contributed by atoms with van der Waals surface area (Å²) in [5, 5.41) is 15.6. The minimum absolute atomic E-state index is 0.0632. The predicted molar refractivity (Wildman–Crippen MR) is 68.3 cm³/mol. The lowest BCUT2D eigenvalue weighted by atomic mass is 9.87. The summed E-state index contributed by atoms with van der Waals surface area (Å²) >= 11 is 0. The van der Waals surface area contributed by atoms with Gasteiger partial charge in [-0.15, -0.1) is 0 Å². The van der Waals surface area contributed by atoms with Crippen molar-refractivity contribution in [1.82, 2.24) is 10.6 Å². The molecular weight excluding hydrogens is 216 g/mol. The maximum absolute atomic E-state index is 11.7. The van der Waals surface area contributed by atoms with Gasteiger partial charge in [0.1, 0.15) is 6.04 Å². The van der Waals surface area contributed by atoms with Gasteiger partial charge >= 0.3 is 0 Å². The zero-order valence-electron chi connectivity index (χ0n) is 10.7. The lowest BCUT2D eigenvalue weighted by molar-refractivity contribution is -0.122. The Hall–Kier alpha value is -1.29. The van der Waals surface area contributed by atoms with E-state index in [9.17, 15) is 9.90 Å². The Morgan fingerprint density at radius 3 is 2.71 bits per heavy atom. The zero-order valence-corrected chi connectivity index (χ0v) is 10.7. The molecule has 3 N–H and O–H groups in total. The maximum Gasteiger partial charge on any atom is 0.246 e. The zero-order chi connectivity index (χ0) is 12.9. The maximum atomic E-state index is 11.7. The van der Waals surface area contributed by atoms with Gasteiger partial charge in [-0.05, 0) is 24.1 Å². The first kappa shape index (κ1) is 13.8. The molecule has 4 nitrogen and oxygen atoms in total. The Labute approximate surface area is 103 Å². The summed E-state index contributed by atoms with van der Waals surface area (Å²) in [6.45, 7) is 6.44. The van der Waals surface area contributed by atoms with E-state index < -0.39 is 6.10 Å². The highest BCUT2D eigenvalue weighted by molar-refractivity contribution is 5.84. The van der Waals surface area contributed by atoms with Crippen LogP contribution >= 0.6 is 0 Å². The highest BCUT2D eigenvalue weighted by Gasteiger charge is 2.22. The first-order chi connectivity index (χ1) is 7.91. The van der Waals surface area contributed by atoms with Crippen molar-refractivity contribution in [2.24, 2.45) is 5.41 Å². The monoisotopic (exact) mass is 238 g/mol. The summed E-state index contributed by atoms with van der Waals surface area (Å²) in [4.78, 5) is 11.7. The number of carbonyl (C=O) groups excluding carboxylic acids is 1. The summed E-state index contributed by atoms with van der Waals surface area (Å²) in [6.07, 6.45) is 7.39. The van der Waals surface area contributed by atoms with Crippen LogP contribution in [0.4, 0.5) is 0 Å². The third-order valence-electron chi connectivity index (χ3n) is 2.79. The normalized spacial score (nSPS) is 20.8. The molecule has 96 valence electrons. The summed E-state index contributed by atoms with van der Waals surface area (Å²) in [7, 11) is 0. The van der Waals surface area contributed by atoms with Crippen molar-refractivity contribution in [3.63, 3.8) is 0 Å². The third kappa shape index (κ3) is 4.61. The topological polar surface area (TPSA) is 61.4 Å². The van der Waals surface area contributed by atoms with Crippen LogP contribution in [0, 0.1) is 5.41 Å². The quantitative estimate of drug-likeness (QED) is 0.683. The standard InChI is InChI=1S/C13H22N2O2/c1-13(2,3)11(16)7-9-15-12(17)10-6-4-5-8-14-10/h4-6,8,10-11,14,16H,7,9H2,1-3H3,(H,15,17)/t10-,11-/m1/s1. The number of dihydropyridines is 1. The number of hydrogen-bond acceptors (Lipinski definition) is 3. The largest absolute Gasteiger partial charge is 0.393 e. The van der Waals surface area contributed by atoms with Crippen molar-refractivity contribution in [2.45, 2.75) is 39.3 Å². The molecule has 0 fully saturated rings. The Bertz CT molecular complexity index is 316. The van der Waals surface area contributed by atoms with Crippen LogP contribution in [0.3, 0.4) is 0 Å². The van der Waals surface area contributed by atoms with Crippen LogP contribution in [-0.2, 0) is 4.79 Å². The molecule has 1 amide bonds. The van der Waals surface area contributed by atoms with Crippen LogP contribution in [0.25, 0.3) is 0 Å². The Kier molecular flexibility index (Phi) is 4.75. The molecule has 1 aliphatic heterocycles. The molecule has 2 atom stereocenters. The van der Waals surface area contributed by atoms with Crippen LogP contribution in [0.15, 0.2) is 24.4 Å². The predicted octanol–water partition coefficient (Wildman–Crippen LogP) is 0.941. The van der Waals surface area contributed by atoms with Gasteiger partial charge in [0.15, 0.2) is 0 Å². The molecule has 0 saturated heterocycles. The minimum atomic E-state index is -0.405. The second-order valence-electron chi connectivity index (χ2n) is 5.35. The number of carbonyl (C=O) groups is 1. The van der Waals surface area contributed by atoms with Gasteiger partial charge in [-0.3, -0.25) is 4.79 Å². The molecule has 0 saturated carbocycles. The van der Waals surface area contributed by atoms with Gasteiger partial charge in [0.05, 0.1) is 6.10 Å². The first-order valence-electron chi connectivity index (χ1n) is 5.96. The Morgan fingerprint density at radius 1 is 1.47 bits per heavy atom. The highest BCUT2D eigenvalue weighted by atomic mass is 16.3. The molecule has 0 bridgehead atoms. The summed E-state index contributed by atoms with van der Waals surface area (Å²) in [5.41, 5.74) is -0.142. The molecular formula is C13H22N2O2. The van der Waals surface area contributed by atoms with Crippen molar-refractivity contribution in [1.29, 1.82) is 0 Å². The van der Waals surface area contributed by atoms with Crippen molar-refractivity contribution >= 4 is 5.91 Å². The summed E-state index contributed by atoms with van der Waals surface area (Å²) < 4.78 is 0. The molecule has 0 unspecified atom stereocenters. The molecule has 0 radical (unpaired) electrons. The van der Waals surface area contributed by atoms with E-state index in [-0.39, 0.29) is 17.4 Å². The second kappa shape index (κ2) is 5.87. The highest BCUT2D eigenvalue weighted by Crippen LogP contribution is 2.20. The van der Waals surface area contributed by atoms with Gasteiger partial charge in [0.2, 0.25) is 5.91 Å². The van der Waals surface area contributed by atoms with Crippen molar-refractivity contribution in [3.05, 3.63) is 24.4 Å². The van der Waals surface area contributed by atoms with Crippen LogP contribution in [0.2, 0.25) is 0 Å². The molecule has 0 spiro atoms. The van der Waals surface area contributed by atoms with E-state index in [1.807, 2.05) is 32.9 Å². The van der Waals surface area contributed by atoms with E-state index in [0.29, 0.717) is 13.0 Å². The van der Waals surface area contributed by atoms with Crippen LogP contribution < -0.4 is 10.6 Å². The van der Waals surface area contributed by atoms with Crippen LogP contribution in [0.5, 0.6) is 0 Å². The number of amides is 1. The molecule has 1 rings (SSSR count). The molecule has 4 heteroatoms. The van der Waals surface area contributed by atoms with Gasteiger partial charge in [0.25, 0.3) is 0 Å². The summed E-state index contributed by atoms with van der Waals surface area (Å²) in [5.74, 6) is -0.0632. The van der Waals surface area contributed by atoms with Gasteiger partial charge in [0, 0.05) is 6.54 Å². The van der Waals surface area contributed by atoms with Crippen molar-refractivity contribution in [2.75, 3.05) is 6.54 Å². The molecule has 17 heavy (non-hydrogen) atoms. The van der Waals surface area contributed by atoms with E-state index in [4.69, 9.17) is 0 Å². The molecule has 0 aliphatic carbocycles. The minimum Gasteiger partial charge on any atom is -0.393 e. The SMILES string of the molecule is CC(C)(C)[C@H](O)CCNC(=O)[C@H]1C=CC=CN1. The number of nitrogens with one attached hydrogen (secondary N) is 2.